The average molecular weight is 416 g/mol. The Morgan fingerprint density at radius 1 is 1.13 bits per heavy atom. The molecule has 7 heteroatoms. The minimum absolute atomic E-state index is 0.159. The lowest BCUT2D eigenvalue weighted by molar-refractivity contribution is 0.102. The summed E-state index contributed by atoms with van der Waals surface area (Å²) in [4.78, 5) is 25.4. The molecule has 0 radical (unpaired) electrons. The maximum absolute atomic E-state index is 12.5. The van der Waals surface area contributed by atoms with E-state index in [0.29, 0.717) is 35.0 Å². The van der Waals surface area contributed by atoms with Crippen LogP contribution in [0.2, 0.25) is 0 Å². The maximum Gasteiger partial charge on any atom is 0.322 e. The maximum atomic E-state index is 12.5. The topological polar surface area (TPSA) is 85.7 Å². The molecule has 0 saturated heterocycles. The Hall–Kier alpha value is -4.00. The number of nitrogens with zero attached hydrogens (tertiary/aromatic N) is 3. The Morgan fingerprint density at radius 3 is 2.65 bits per heavy atom. The van der Waals surface area contributed by atoms with Crippen LogP contribution in [-0.2, 0) is 0 Å². The van der Waals surface area contributed by atoms with E-state index in [0.717, 1.165) is 5.57 Å². The van der Waals surface area contributed by atoms with Gasteiger partial charge in [-0.1, -0.05) is 24.3 Å². The Bertz CT molecular complexity index is 1090. The van der Waals surface area contributed by atoms with Crippen LogP contribution in [0.3, 0.4) is 0 Å². The first-order valence-electron chi connectivity index (χ1n) is 9.86. The number of ether oxygens (including phenoxy) is 2. The third-order valence-corrected chi connectivity index (χ3v) is 4.31. The summed E-state index contributed by atoms with van der Waals surface area (Å²) in [5.41, 5.74) is 2.68. The van der Waals surface area contributed by atoms with Gasteiger partial charge in [0.25, 0.3) is 5.91 Å². The van der Waals surface area contributed by atoms with Crippen LogP contribution in [0.25, 0.3) is 5.57 Å². The van der Waals surface area contributed by atoms with Crippen LogP contribution < -0.4 is 14.8 Å². The van der Waals surface area contributed by atoms with Crippen molar-refractivity contribution in [2.75, 3.05) is 19.0 Å². The Labute approximate surface area is 181 Å². The first-order chi connectivity index (χ1) is 15.1. The van der Waals surface area contributed by atoms with Gasteiger partial charge in [-0.2, -0.15) is 4.98 Å². The summed E-state index contributed by atoms with van der Waals surface area (Å²) < 4.78 is 11.3. The van der Waals surface area contributed by atoms with Gasteiger partial charge in [-0.25, -0.2) is 4.98 Å². The number of carbonyl (C=O) groups is 1. The van der Waals surface area contributed by atoms with Crippen molar-refractivity contribution in [3.63, 3.8) is 0 Å². The smallest absolute Gasteiger partial charge is 0.322 e. The van der Waals surface area contributed by atoms with Crippen molar-refractivity contribution in [1.82, 2.24) is 9.97 Å². The van der Waals surface area contributed by atoms with E-state index >= 15 is 0 Å². The molecular weight excluding hydrogens is 392 g/mol. The molecule has 158 valence electrons. The van der Waals surface area contributed by atoms with Gasteiger partial charge in [0.2, 0.25) is 0 Å². The van der Waals surface area contributed by atoms with Crippen LogP contribution in [0.5, 0.6) is 17.5 Å². The van der Waals surface area contributed by atoms with Gasteiger partial charge in [0.05, 0.1) is 12.8 Å². The molecule has 0 saturated carbocycles. The number of amides is 1. The number of carbonyl (C=O) groups excluding carboxylic acids is 1. The molecule has 2 aromatic carbocycles. The number of aromatic nitrogens is 2. The summed E-state index contributed by atoms with van der Waals surface area (Å²) in [5.74, 6) is 0.656. The van der Waals surface area contributed by atoms with Crippen molar-refractivity contribution in [2.45, 2.75) is 13.8 Å². The number of allylic oxidation sites excluding steroid dienone is 2. The highest BCUT2D eigenvalue weighted by Gasteiger charge is 2.12. The minimum Gasteiger partial charge on any atom is -0.493 e. The summed E-state index contributed by atoms with van der Waals surface area (Å²) >= 11 is 0. The van der Waals surface area contributed by atoms with Gasteiger partial charge in [0.1, 0.15) is 0 Å². The van der Waals surface area contributed by atoms with Crippen LogP contribution >= 0.6 is 0 Å². The number of aliphatic imine (C=N–C) groups is 1. The third kappa shape index (κ3) is 5.76. The summed E-state index contributed by atoms with van der Waals surface area (Å²) in [6, 6.07) is 16.0. The van der Waals surface area contributed by atoms with E-state index in [-0.39, 0.29) is 11.9 Å². The molecule has 7 nitrogen and oxygen atoms in total. The fraction of sp³-hybridized carbons (Fsp3) is 0.167. The van der Waals surface area contributed by atoms with Gasteiger partial charge in [0.15, 0.2) is 11.5 Å². The summed E-state index contributed by atoms with van der Waals surface area (Å²) in [6.07, 6.45) is 5.31. The summed E-state index contributed by atoms with van der Waals surface area (Å²) in [7, 11) is 1.54. The normalized spacial score (nSPS) is 11.4. The van der Waals surface area contributed by atoms with Crippen LogP contribution in [0.1, 0.15) is 29.9 Å². The molecule has 0 aliphatic heterocycles. The van der Waals surface area contributed by atoms with Crippen LogP contribution in [-0.4, -0.2) is 35.7 Å². The molecule has 0 atom stereocenters. The van der Waals surface area contributed by atoms with E-state index in [1.165, 1.54) is 0 Å². The van der Waals surface area contributed by atoms with E-state index in [1.54, 1.807) is 55.9 Å². The molecule has 3 aromatic rings. The predicted molar refractivity (Wildman–Crippen MR) is 122 cm³/mol. The Kier molecular flexibility index (Phi) is 7.48. The van der Waals surface area contributed by atoms with Gasteiger partial charge >= 0.3 is 6.01 Å². The monoisotopic (exact) mass is 416 g/mol. The lowest BCUT2D eigenvalue weighted by atomic mass is 10.2. The molecule has 1 heterocycles. The van der Waals surface area contributed by atoms with Crippen molar-refractivity contribution in [2.24, 2.45) is 4.99 Å². The van der Waals surface area contributed by atoms with E-state index in [9.17, 15) is 4.79 Å². The number of nitrogens with one attached hydrogen (secondary N) is 1. The molecule has 0 unspecified atom stereocenters. The summed E-state index contributed by atoms with van der Waals surface area (Å²) in [5, 5.41) is 2.86. The number of rotatable bonds is 8. The van der Waals surface area contributed by atoms with E-state index in [4.69, 9.17) is 9.47 Å². The number of hydrogen-bond donors (Lipinski definition) is 1. The van der Waals surface area contributed by atoms with Gasteiger partial charge in [0, 0.05) is 41.8 Å². The highest BCUT2D eigenvalue weighted by Crippen LogP contribution is 2.33. The zero-order valence-electron chi connectivity index (χ0n) is 17.7. The van der Waals surface area contributed by atoms with E-state index in [1.807, 2.05) is 38.1 Å². The minimum atomic E-state index is -0.220. The summed E-state index contributed by atoms with van der Waals surface area (Å²) in [6.45, 7) is 4.57. The van der Waals surface area contributed by atoms with Crippen LogP contribution in [0, 0.1) is 0 Å². The second-order valence-electron chi connectivity index (χ2n) is 6.38. The quantitative estimate of drug-likeness (QED) is 0.521. The Morgan fingerprint density at radius 2 is 1.94 bits per heavy atom. The number of methoxy groups -OCH3 is 1. The van der Waals surface area contributed by atoms with Gasteiger partial charge in [-0.3, -0.25) is 9.79 Å². The van der Waals surface area contributed by atoms with Crippen LogP contribution in [0.4, 0.5) is 5.69 Å². The number of benzene rings is 2. The van der Waals surface area contributed by atoms with Gasteiger partial charge in [-0.05, 0) is 44.2 Å². The standard InChI is InChI=1S/C24H24N4O3/c1-4-17(16-25-5-2)20-13-14-26-24(28-20)31-22-15-19(11-12-21(22)30-3)27-23(29)18-9-7-6-8-10-18/h4,6-16H,5H2,1-3H3,(H,27,29)/b17-4+,25-16?. The van der Waals surface area contributed by atoms with Crippen molar-refractivity contribution >= 4 is 23.4 Å². The molecule has 1 aromatic heterocycles. The molecule has 0 spiro atoms. The van der Waals surface area contributed by atoms with Crippen LogP contribution in [0.15, 0.2) is 71.9 Å². The Balaban J connectivity index is 1.84. The fourth-order valence-corrected chi connectivity index (χ4v) is 2.75. The fourth-order valence-electron chi connectivity index (χ4n) is 2.75. The zero-order valence-corrected chi connectivity index (χ0v) is 17.7. The highest BCUT2D eigenvalue weighted by atomic mass is 16.5. The first-order valence-corrected chi connectivity index (χ1v) is 9.86. The second-order valence-corrected chi connectivity index (χ2v) is 6.38. The zero-order chi connectivity index (χ0) is 22.1. The lowest BCUT2D eigenvalue weighted by Gasteiger charge is -2.12. The molecule has 31 heavy (non-hydrogen) atoms. The van der Waals surface area contributed by atoms with Gasteiger partial charge < -0.3 is 14.8 Å². The van der Waals surface area contributed by atoms with Crippen molar-refractivity contribution in [1.29, 1.82) is 0 Å². The molecule has 1 amide bonds. The van der Waals surface area contributed by atoms with Gasteiger partial charge in [-0.15, -0.1) is 0 Å². The average Bonchev–Trinajstić information content (AvgIpc) is 2.81. The largest absolute Gasteiger partial charge is 0.493 e. The molecule has 3 rings (SSSR count). The van der Waals surface area contributed by atoms with Crippen molar-refractivity contribution in [3.8, 4) is 17.5 Å². The van der Waals surface area contributed by atoms with E-state index < -0.39 is 0 Å². The molecule has 0 fully saturated rings. The van der Waals surface area contributed by atoms with Crippen molar-refractivity contribution < 1.29 is 14.3 Å². The molecule has 0 aliphatic carbocycles. The lowest BCUT2D eigenvalue weighted by Crippen LogP contribution is -2.11. The molecule has 1 N–H and O–H groups in total. The third-order valence-electron chi connectivity index (χ3n) is 4.31. The van der Waals surface area contributed by atoms with E-state index in [2.05, 4.69) is 20.3 Å². The highest BCUT2D eigenvalue weighted by molar-refractivity contribution is 6.08. The molecule has 0 aliphatic rings. The van der Waals surface area contributed by atoms with Crippen molar-refractivity contribution in [3.05, 3.63) is 78.1 Å². The first kappa shape index (κ1) is 21.7. The predicted octanol–water partition coefficient (Wildman–Crippen LogP) is 5.02. The number of hydrogen-bond acceptors (Lipinski definition) is 6. The second kappa shape index (κ2) is 10.7. The molecular formula is C24H24N4O3. The number of anilines is 1. The molecule has 0 bridgehead atoms. The SMILES string of the molecule is C/C=C(\C=NCC)c1ccnc(Oc2cc(NC(=O)c3ccccc3)ccc2OC)n1.